The molecule has 2 heterocycles. The van der Waals surface area contributed by atoms with Gasteiger partial charge in [0.1, 0.15) is 31.1 Å². The Morgan fingerprint density at radius 1 is 0.851 bits per heavy atom. The molecule has 4 aromatic rings. The average Bonchev–Trinajstić information content (AvgIpc) is 3.03. The maximum absolute atomic E-state index is 12.8. The quantitative estimate of drug-likeness (QED) is 0.119. The second kappa shape index (κ2) is 15.0. The molecular weight excluding hydrogens is 596 g/mol. The highest BCUT2D eigenvalue weighted by molar-refractivity contribution is 5.94. The van der Waals surface area contributed by atoms with Crippen LogP contribution in [-0.2, 0) is 32.3 Å². The van der Waals surface area contributed by atoms with Gasteiger partial charge in [0.05, 0.1) is 17.5 Å². The van der Waals surface area contributed by atoms with Crippen molar-refractivity contribution in [1.82, 2.24) is 4.98 Å². The predicted molar refractivity (Wildman–Crippen MR) is 183 cm³/mol. The molecule has 0 saturated carbocycles. The van der Waals surface area contributed by atoms with Gasteiger partial charge in [0.2, 0.25) is 18.2 Å². The summed E-state index contributed by atoms with van der Waals surface area (Å²) in [4.78, 5) is 35.2. The summed E-state index contributed by atoms with van der Waals surface area (Å²) in [7, 11) is 3.86. The summed E-state index contributed by atoms with van der Waals surface area (Å²) in [5, 5.41) is 0. The van der Waals surface area contributed by atoms with Gasteiger partial charge in [-0.05, 0) is 56.2 Å². The second-order valence-corrected chi connectivity index (χ2v) is 12.5. The van der Waals surface area contributed by atoms with Crippen LogP contribution in [0.2, 0.25) is 0 Å². The summed E-state index contributed by atoms with van der Waals surface area (Å²) in [5.41, 5.74) is 4.38. The van der Waals surface area contributed by atoms with E-state index in [1.807, 2.05) is 119 Å². The number of carbonyl (C=O) groups is 2. The monoisotopic (exact) mass is 638 g/mol. The standard InChI is InChI=1S/C37H42N4O6/c1-37(2,3)47-35(43)25-44-30-21-40(22-30)29-16-17-31(33(20-29)39(4)5)41(26-42)32-18-19-34(45-23-27-12-8-6-9-13-27)38-36(32)46-24-28-14-10-7-11-15-28/h6-20,26,30H,21-25H2,1-5H3. The maximum Gasteiger partial charge on any atom is 0.332 e. The summed E-state index contributed by atoms with van der Waals surface area (Å²) >= 11 is 0. The van der Waals surface area contributed by atoms with Crippen molar-refractivity contribution in [3.8, 4) is 11.8 Å². The molecule has 10 nitrogen and oxygen atoms in total. The molecule has 0 aliphatic carbocycles. The smallest absolute Gasteiger partial charge is 0.332 e. The zero-order valence-corrected chi connectivity index (χ0v) is 27.6. The van der Waals surface area contributed by atoms with Crippen LogP contribution in [0.25, 0.3) is 0 Å². The van der Waals surface area contributed by atoms with Gasteiger partial charge in [0, 0.05) is 38.9 Å². The molecule has 1 aliphatic heterocycles. The molecule has 1 aromatic heterocycles. The van der Waals surface area contributed by atoms with Gasteiger partial charge in [-0.3, -0.25) is 9.69 Å². The maximum atomic E-state index is 12.8. The Kier molecular flexibility index (Phi) is 10.6. The number of anilines is 4. The number of nitrogens with zero attached hydrogens (tertiary/aromatic N) is 4. The third-order valence-corrected chi connectivity index (χ3v) is 7.40. The lowest BCUT2D eigenvalue weighted by atomic mass is 10.1. The Morgan fingerprint density at radius 2 is 1.47 bits per heavy atom. The summed E-state index contributed by atoms with van der Waals surface area (Å²) in [6.07, 6.45) is 0.692. The van der Waals surface area contributed by atoms with Crippen LogP contribution in [-0.4, -0.2) is 62.9 Å². The first-order valence-corrected chi connectivity index (χ1v) is 15.6. The first-order valence-electron chi connectivity index (χ1n) is 15.6. The molecule has 1 amide bonds. The molecule has 0 spiro atoms. The first kappa shape index (κ1) is 33.3. The normalized spacial score (nSPS) is 13.0. The number of hydrogen-bond acceptors (Lipinski definition) is 9. The molecular formula is C37H42N4O6. The van der Waals surface area contributed by atoms with Gasteiger partial charge in [-0.1, -0.05) is 60.7 Å². The highest BCUT2D eigenvalue weighted by Crippen LogP contribution is 2.40. The summed E-state index contributed by atoms with van der Waals surface area (Å²) in [6, 6.07) is 29.1. The molecule has 1 aliphatic rings. The number of rotatable bonds is 14. The van der Waals surface area contributed by atoms with Crippen LogP contribution in [0.3, 0.4) is 0 Å². The lowest BCUT2D eigenvalue weighted by Crippen LogP contribution is -2.53. The Hall–Kier alpha value is -5.09. The van der Waals surface area contributed by atoms with Gasteiger partial charge >= 0.3 is 5.97 Å². The van der Waals surface area contributed by atoms with Gasteiger partial charge < -0.3 is 28.7 Å². The van der Waals surface area contributed by atoms with E-state index in [0.29, 0.717) is 37.0 Å². The summed E-state index contributed by atoms with van der Waals surface area (Å²) in [6.45, 7) is 7.30. The van der Waals surface area contributed by atoms with E-state index >= 15 is 0 Å². The van der Waals surface area contributed by atoms with Crippen molar-refractivity contribution < 1.29 is 28.5 Å². The van der Waals surface area contributed by atoms with Crippen molar-refractivity contribution in [2.75, 3.05) is 48.5 Å². The number of hydrogen-bond donors (Lipinski definition) is 0. The van der Waals surface area contributed by atoms with Crippen LogP contribution in [0.15, 0.2) is 91.0 Å². The predicted octanol–water partition coefficient (Wildman–Crippen LogP) is 6.15. The first-order chi connectivity index (χ1) is 22.6. The van der Waals surface area contributed by atoms with Crippen LogP contribution in [0.4, 0.5) is 22.7 Å². The lowest BCUT2D eigenvalue weighted by Gasteiger charge is -2.41. The third kappa shape index (κ3) is 9.01. The SMILES string of the molecule is CN(C)c1cc(N2CC(OCC(=O)OC(C)(C)C)C2)ccc1N(C=O)c1ccc(OCc2ccccc2)nc1OCc1ccccc1. The van der Waals surface area contributed by atoms with Gasteiger partial charge in [-0.15, -0.1) is 0 Å². The molecule has 246 valence electrons. The van der Waals surface area contributed by atoms with Gasteiger partial charge in [-0.25, -0.2) is 4.79 Å². The fourth-order valence-electron chi connectivity index (χ4n) is 5.07. The van der Waals surface area contributed by atoms with Crippen LogP contribution in [0.5, 0.6) is 11.8 Å². The van der Waals surface area contributed by atoms with Crippen LogP contribution in [0, 0.1) is 0 Å². The van der Waals surface area contributed by atoms with E-state index in [9.17, 15) is 9.59 Å². The van der Waals surface area contributed by atoms with Crippen molar-refractivity contribution in [3.05, 3.63) is 102 Å². The molecule has 1 saturated heterocycles. The molecule has 10 heteroatoms. The molecule has 47 heavy (non-hydrogen) atoms. The van der Waals surface area contributed by atoms with Crippen LogP contribution in [0.1, 0.15) is 31.9 Å². The Morgan fingerprint density at radius 3 is 2.06 bits per heavy atom. The van der Waals surface area contributed by atoms with E-state index in [0.717, 1.165) is 28.9 Å². The van der Waals surface area contributed by atoms with Crippen LogP contribution < -0.4 is 24.2 Å². The Bertz CT molecular complexity index is 1640. The molecule has 0 N–H and O–H groups in total. The highest BCUT2D eigenvalue weighted by atomic mass is 16.6. The number of ether oxygens (including phenoxy) is 4. The fourth-order valence-corrected chi connectivity index (χ4v) is 5.07. The van der Waals surface area contributed by atoms with Crippen molar-refractivity contribution >= 4 is 35.1 Å². The van der Waals surface area contributed by atoms with Crippen molar-refractivity contribution in [2.24, 2.45) is 0 Å². The molecule has 0 unspecified atom stereocenters. The molecule has 1 fully saturated rings. The van der Waals surface area contributed by atoms with E-state index in [1.165, 1.54) is 4.90 Å². The molecule has 3 aromatic carbocycles. The third-order valence-electron chi connectivity index (χ3n) is 7.40. The number of pyridine rings is 1. The summed E-state index contributed by atoms with van der Waals surface area (Å²) < 4.78 is 23.3. The van der Waals surface area contributed by atoms with Gasteiger partial charge in [0.15, 0.2) is 0 Å². The zero-order chi connectivity index (χ0) is 33.4. The van der Waals surface area contributed by atoms with Crippen LogP contribution >= 0.6 is 0 Å². The minimum absolute atomic E-state index is 0.0745. The minimum Gasteiger partial charge on any atom is -0.473 e. The summed E-state index contributed by atoms with van der Waals surface area (Å²) in [5.74, 6) is 0.283. The zero-order valence-electron chi connectivity index (χ0n) is 27.6. The number of amides is 1. The topological polar surface area (TPSA) is 93.7 Å². The van der Waals surface area contributed by atoms with Crippen molar-refractivity contribution in [1.29, 1.82) is 0 Å². The molecule has 0 radical (unpaired) electrons. The minimum atomic E-state index is -0.547. The number of carbonyl (C=O) groups excluding carboxylic acids is 2. The second-order valence-electron chi connectivity index (χ2n) is 12.5. The van der Waals surface area contributed by atoms with Crippen molar-refractivity contribution in [3.63, 3.8) is 0 Å². The lowest BCUT2D eigenvalue weighted by molar-refractivity contribution is -0.162. The highest BCUT2D eigenvalue weighted by Gasteiger charge is 2.30. The largest absolute Gasteiger partial charge is 0.473 e. The molecule has 0 bridgehead atoms. The van der Waals surface area contributed by atoms with E-state index in [4.69, 9.17) is 18.9 Å². The number of aromatic nitrogens is 1. The van der Waals surface area contributed by atoms with E-state index < -0.39 is 5.60 Å². The number of benzene rings is 3. The van der Waals surface area contributed by atoms with Gasteiger partial charge in [0.25, 0.3) is 0 Å². The Labute approximate surface area is 276 Å². The number of esters is 1. The van der Waals surface area contributed by atoms with Gasteiger partial charge in [-0.2, -0.15) is 4.98 Å². The molecule has 5 rings (SSSR count). The van der Waals surface area contributed by atoms with E-state index in [1.54, 1.807) is 12.1 Å². The molecule has 0 atom stereocenters. The van der Waals surface area contributed by atoms with E-state index in [-0.39, 0.29) is 31.2 Å². The Balaban J connectivity index is 1.35. The van der Waals surface area contributed by atoms with Crippen molar-refractivity contribution in [2.45, 2.75) is 45.7 Å². The fraction of sp³-hybridized carbons (Fsp3) is 0.324. The van der Waals surface area contributed by atoms with E-state index in [2.05, 4.69) is 9.88 Å². The average molecular weight is 639 g/mol.